The first-order valence-electron chi connectivity index (χ1n) is 9.07. The van der Waals surface area contributed by atoms with Crippen molar-refractivity contribution in [3.8, 4) is 6.07 Å². The summed E-state index contributed by atoms with van der Waals surface area (Å²) in [5, 5.41) is 12.3. The van der Waals surface area contributed by atoms with E-state index in [4.69, 9.17) is 0 Å². The number of para-hydroxylation sites is 2. The van der Waals surface area contributed by atoms with Gasteiger partial charge in [0.1, 0.15) is 27.2 Å². The first kappa shape index (κ1) is 20.7. The third-order valence-electron chi connectivity index (χ3n) is 4.50. The maximum atomic E-state index is 13.3. The second-order valence-corrected chi connectivity index (χ2v) is 8.72. The lowest BCUT2D eigenvalue weighted by molar-refractivity contribution is -0.122. The topological polar surface area (TPSA) is 119 Å². The van der Waals surface area contributed by atoms with Crippen molar-refractivity contribution in [3.05, 3.63) is 71.3 Å². The van der Waals surface area contributed by atoms with Crippen LogP contribution in [0.3, 0.4) is 0 Å². The monoisotopic (exact) mass is 450 g/mol. The predicted octanol–water partition coefficient (Wildman–Crippen LogP) is 2.86. The number of thioether (sulfide) groups is 2. The number of hydrogen-bond donors (Lipinski definition) is 2. The van der Waals surface area contributed by atoms with Crippen LogP contribution in [0.5, 0.6) is 0 Å². The van der Waals surface area contributed by atoms with Crippen molar-refractivity contribution >= 4 is 57.9 Å². The number of carbonyl (C=O) groups is 4. The lowest BCUT2D eigenvalue weighted by Gasteiger charge is -2.18. The molecule has 0 aromatic heterocycles. The highest BCUT2D eigenvalue weighted by atomic mass is 32.2. The average molecular weight is 451 g/mol. The molecule has 0 unspecified atom stereocenters. The molecule has 154 valence electrons. The van der Waals surface area contributed by atoms with Gasteiger partial charge in [0.2, 0.25) is 11.8 Å². The Morgan fingerprint density at radius 3 is 2.19 bits per heavy atom. The third kappa shape index (κ3) is 4.05. The quantitative estimate of drug-likeness (QED) is 0.543. The summed E-state index contributed by atoms with van der Waals surface area (Å²) in [6.45, 7) is 0. The standard InChI is InChI=1S/C21H14N4O4S2/c22-11-14(17(26)23-12-7-3-1-4-8-12)20-25(13-9-5-2-6-10-13)19(28)16(30-20)15-18(27)24-21(29)31-15/h1-10,15-16H,(H,23,26)(H,24,27,29)/b20-14-/t15-,16-/m0/s1. The Bertz CT molecular complexity index is 1140. The second kappa shape index (κ2) is 8.67. The van der Waals surface area contributed by atoms with Gasteiger partial charge in [-0.2, -0.15) is 5.26 Å². The summed E-state index contributed by atoms with van der Waals surface area (Å²) in [5.74, 6) is -1.72. The molecule has 4 rings (SSSR count). The molecular formula is C21H14N4O4S2. The number of nitrogens with one attached hydrogen (secondary N) is 2. The Morgan fingerprint density at radius 1 is 0.968 bits per heavy atom. The van der Waals surface area contributed by atoms with Gasteiger partial charge in [-0.3, -0.25) is 29.4 Å². The smallest absolute Gasteiger partial charge is 0.286 e. The summed E-state index contributed by atoms with van der Waals surface area (Å²) in [4.78, 5) is 51.2. The van der Waals surface area contributed by atoms with Crippen molar-refractivity contribution in [1.29, 1.82) is 5.26 Å². The maximum Gasteiger partial charge on any atom is 0.286 e. The normalized spacial score (nSPS) is 22.2. The minimum absolute atomic E-state index is 0.116. The molecule has 2 heterocycles. The van der Waals surface area contributed by atoms with Gasteiger partial charge in [-0.25, -0.2) is 0 Å². The van der Waals surface area contributed by atoms with Gasteiger partial charge >= 0.3 is 0 Å². The zero-order chi connectivity index (χ0) is 22.0. The van der Waals surface area contributed by atoms with E-state index in [1.165, 1.54) is 4.90 Å². The summed E-state index contributed by atoms with van der Waals surface area (Å²) in [6, 6.07) is 19.0. The molecule has 2 N–H and O–H groups in total. The number of amides is 4. The highest BCUT2D eigenvalue weighted by Gasteiger charge is 2.50. The van der Waals surface area contributed by atoms with Crippen molar-refractivity contribution in [1.82, 2.24) is 5.32 Å². The largest absolute Gasteiger partial charge is 0.321 e. The fourth-order valence-electron chi connectivity index (χ4n) is 3.11. The molecule has 4 amide bonds. The minimum atomic E-state index is -0.959. The molecular weight excluding hydrogens is 436 g/mol. The molecule has 2 aromatic carbocycles. The molecule has 2 atom stereocenters. The van der Waals surface area contributed by atoms with Gasteiger partial charge < -0.3 is 5.32 Å². The van der Waals surface area contributed by atoms with Gasteiger partial charge in [0.15, 0.2) is 0 Å². The van der Waals surface area contributed by atoms with Gasteiger partial charge in [0.05, 0.1) is 0 Å². The lowest BCUT2D eigenvalue weighted by Crippen LogP contribution is -2.38. The highest BCUT2D eigenvalue weighted by Crippen LogP contribution is 2.45. The van der Waals surface area contributed by atoms with E-state index in [0.29, 0.717) is 11.4 Å². The molecule has 2 fully saturated rings. The molecule has 0 aliphatic carbocycles. The Hall–Kier alpha value is -3.55. The van der Waals surface area contributed by atoms with Crippen LogP contribution in [0.25, 0.3) is 0 Å². The van der Waals surface area contributed by atoms with E-state index < -0.39 is 33.5 Å². The molecule has 10 heteroatoms. The van der Waals surface area contributed by atoms with Crippen LogP contribution in [0.2, 0.25) is 0 Å². The molecule has 2 aromatic rings. The zero-order valence-corrected chi connectivity index (χ0v) is 17.4. The molecule has 0 spiro atoms. The Labute approximate surface area is 185 Å². The summed E-state index contributed by atoms with van der Waals surface area (Å²) >= 11 is 1.67. The summed E-state index contributed by atoms with van der Waals surface area (Å²) in [6.07, 6.45) is 0. The van der Waals surface area contributed by atoms with E-state index in [9.17, 15) is 24.4 Å². The van der Waals surface area contributed by atoms with Crippen LogP contribution in [0.1, 0.15) is 0 Å². The number of imide groups is 1. The van der Waals surface area contributed by atoms with Gasteiger partial charge in [-0.05, 0) is 36.0 Å². The molecule has 8 nitrogen and oxygen atoms in total. The molecule has 0 saturated carbocycles. The number of anilines is 2. The van der Waals surface area contributed by atoms with E-state index in [0.717, 1.165) is 23.5 Å². The lowest BCUT2D eigenvalue weighted by atomic mass is 10.2. The number of benzene rings is 2. The van der Waals surface area contributed by atoms with E-state index in [-0.39, 0.29) is 10.6 Å². The van der Waals surface area contributed by atoms with E-state index in [1.807, 2.05) is 6.07 Å². The van der Waals surface area contributed by atoms with Gasteiger partial charge in [-0.1, -0.05) is 48.2 Å². The third-order valence-corrected chi connectivity index (χ3v) is 7.06. The Balaban J connectivity index is 1.75. The molecule has 2 aliphatic rings. The minimum Gasteiger partial charge on any atom is -0.321 e. The van der Waals surface area contributed by atoms with Gasteiger partial charge in [-0.15, -0.1) is 0 Å². The number of nitriles is 1. The van der Waals surface area contributed by atoms with Gasteiger partial charge in [0, 0.05) is 11.4 Å². The SMILES string of the molecule is N#C/C(C(=O)Nc1ccccc1)=C1/S[C@@H]([C@@H]2SC(=O)NC2=O)C(=O)N1c1ccccc1. The number of carbonyl (C=O) groups excluding carboxylic acids is 4. The zero-order valence-electron chi connectivity index (χ0n) is 15.8. The highest BCUT2D eigenvalue weighted by molar-refractivity contribution is 8.16. The van der Waals surface area contributed by atoms with Crippen LogP contribution in [0.4, 0.5) is 16.2 Å². The van der Waals surface area contributed by atoms with Crippen LogP contribution in [-0.2, 0) is 14.4 Å². The number of rotatable bonds is 4. The van der Waals surface area contributed by atoms with Gasteiger partial charge in [0.25, 0.3) is 11.1 Å². The van der Waals surface area contributed by atoms with Crippen LogP contribution < -0.4 is 15.5 Å². The Morgan fingerprint density at radius 2 is 1.61 bits per heavy atom. The second-order valence-electron chi connectivity index (χ2n) is 6.47. The molecule has 0 bridgehead atoms. The van der Waals surface area contributed by atoms with Crippen LogP contribution in [-0.4, -0.2) is 33.5 Å². The summed E-state index contributed by atoms with van der Waals surface area (Å²) in [7, 11) is 0. The van der Waals surface area contributed by atoms with Crippen LogP contribution >= 0.6 is 23.5 Å². The molecule has 31 heavy (non-hydrogen) atoms. The van der Waals surface area contributed by atoms with Crippen LogP contribution in [0.15, 0.2) is 71.3 Å². The summed E-state index contributed by atoms with van der Waals surface area (Å²) in [5.41, 5.74) is 0.685. The average Bonchev–Trinajstić information content (AvgIpc) is 3.28. The van der Waals surface area contributed by atoms with Crippen molar-refractivity contribution in [3.63, 3.8) is 0 Å². The fraction of sp³-hybridized carbons (Fsp3) is 0.0952. The fourth-order valence-corrected chi connectivity index (χ4v) is 5.49. The molecule has 2 saturated heterocycles. The van der Waals surface area contributed by atoms with E-state index in [2.05, 4.69) is 10.6 Å². The first-order valence-corrected chi connectivity index (χ1v) is 10.8. The van der Waals surface area contributed by atoms with Crippen LogP contribution in [0, 0.1) is 11.3 Å². The first-order chi connectivity index (χ1) is 15.0. The maximum absolute atomic E-state index is 13.3. The number of hydrogen-bond acceptors (Lipinski definition) is 7. The van der Waals surface area contributed by atoms with Crippen molar-refractivity contribution in [2.75, 3.05) is 10.2 Å². The molecule has 0 radical (unpaired) electrons. The van der Waals surface area contributed by atoms with Crippen molar-refractivity contribution in [2.24, 2.45) is 0 Å². The Kier molecular flexibility index (Phi) is 5.79. The molecule has 2 aliphatic heterocycles. The summed E-state index contributed by atoms with van der Waals surface area (Å²) < 4.78 is 0. The van der Waals surface area contributed by atoms with E-state index >= 15 is 0 Å². The van der Waals surface area contributed by atoms with Crippen molar-refractivity contribution < 1.29 is 19.2 Å². The predicted molar refractivity (Wildman–Crippen MR) is 118 cm³/mol. The number of nitrogens with zero attached hydrogens (tertiary/aromatic N) is 2. The van der Waals surface area contributed by atoms with Crippen molar-refractivity contribution in [2.45, 2.75) is 10.5 Å². The van der Waals surface area contributed by atoms with E-state index in [1.54, 1.807) is 60.7 Å².